The lowest BCUT2D eigenvalue weighted by molar-refractivity contribution is 0.209. The number of aliphatic hydroxyl groups is 1. The number of hydrogen-bond acceptors (Lipinski definition) is 9. The van der Waals surface area contributed by atoms with Gasteiger partial charge < -0.3 is 26.8 Å². The summed E-state index contributed by atoms with van der Waals surface area (Å²) >= 11 is 7.60. The zero-order chi connectivity index (χ0) is 20.7. The van der Waals surface area contributed by atoms with Crippen molar-refractivity contribution in [1.82, 2.24) is 9.97 Å². The second-order valence-corrected chi connectivity index (χ2v) is 7.57. The molecular weight excluding hydrogens is 442 g/mol. The molecule has 7 N–H and O–H groups in total. The number of piperidine rings is 1. The molecule has 28 heavy (non-hydrogen) atoms. The highest BCUT2D eigenvalue weighted by Crippen LogP contribution is 2.34. The highest BCUT2D eigenvalue weighted by Gasteiger charge is 2.22. The molecule has 10 heteroatoms. The topological polar surface area (TPSA) is 137 Å². The van der Waals surface area contributed by atoms with Crippen molar-refractivity contribution < 1.29 is 5.11 Å². The first-order valence-corrected chi connectivity index (χ1v) is 10.1. The van der Waals surface area contributed by atoms with Gasteiger partial charge in [0.1, 0.15) is 22.6 Å². The number of nitrogens with one attached hydrogen (secondary N) is 2. The third-order valence-corrected chi connectivity index (χ3v) is 5.12. The van der Waals surface area contributed by atoms with Crippen molar-refractivity contribution in [2.75, 3.05) is 42.7 Å². The molecule has 3 rings (SSSR count). The number of nitrogens with zero attached hydrogens (tertiary/aromatic N) is 3. The molecule has 2 aromatic rings. The number of nitrogens with two attached hydrogens (primary N) is 2. The van der Waals surface area contributed by atoms with Gasteiger partial charge in [0.05, 0.1) is 16.9 Å². The predicted octanol–water partition coefficient (Wildman–Crippen LogP) is 2.59. The van der Waals surface area contributed by atoms with Crippen LogP contribution in [0.1, 0.15) is 18.4 Å². The number of anilines is 4. The maximum atomic E-state index is 9.52. The molecule has 1 aliphatic rings. The molecule has 0 amide bonds. The SMILES string of the molecule is CN.N=C(Br)c1c(N)ncnc1Nc1cc(S)ccc1N1CCCC(CO)C1. The van der Waals surface area contributed by atoms with Crippen LogP contribution in [0.25, 0.3) is 0 Å². The Kier molecular flexibility index (Phi) is 8.49. The second kappa shape index (κ2) is 10.6. The number of thiol groups is 1. The molecule has 2 heterocycles. The van der Waals surface area contributed by atoms with Gasteiger partial charge in [0.25, 0.3) is 0 Å². The van der Waals surface area contributed by atoms with Gasteiger partial charge in [0.2, 0.25) is 0 Å². The van der Waals surface area contributed by atoms with Crippen LogP contribution < -0.4 is 21.7 Å². The standard InChI is InChI=1S/C17H21BrN6OS.CH5N/c18-15(19)14-16(20)21-9-22-17(14)23-12-6-11(26)3-4-13(12)24-5-1-2-10(7-24)8-25;1-2/h3-4,6,9-10,19,25-26H,1-2,5,7-8H2,(H3,20,21,22,23);2H2,1H3. The van der Waals surface area contributed by atoms with E-state index in [2.05, 4.69) is 54.5 Å². The fraction of sp³-hybridized carbons (Fsp3) is 0.389. The lowest BCUT2D eigenvalue weighted by Crippen LogP contribution is -2.37. The van der Waals surface area contributed by atoms with Crippen molar-refractivity contribution >= 4 is 56.2 Å². The summed E-state index contributed by atoms with van der Waals surface area (Å²) in [6, 6.07) is 5.86. The van der Waals surface area contributed by atoms with Crippen LogP contribution in [0.2, 0.25) is 0 Å². The van der Waals surface area contributed by atoms with Gasteiger partial charge in [-0.05, 0) is 59.9 Å². The Morgan fingerprint density at radius 1 is 1.43 bits per heavy atom. The zero-order valence-corrected chi connectivity index (χ0v) is 18.2. The third-order valence-electron chi connectivity index (χ3n) is 4.45. The predicted molar refractivity (Wildman–Crippen MR) is 121 cm³/mol. The molecular formula is C18H26BrN7OS. The fourth-order valence-electron chi connectivity index (χ4n) is 3.17. The van der Waals surface area contributed by atoms with Crippen LogP contribution in [-0.4, -0.2) is 46.4 Å². The molecule has 1 aliphatic heterocycles. The van der Waals surface area contributed by atoms with Crippen molar-refractivity contribution in [2.24, 2.45) is 11.7 Å². The molecule has 0 spiro atoms. The summed E-state index contributed by atoms with van der Waals surface area (Å²) in [5.41, 5.74) is 12.6. The van der Waals surface area contributed by atoms with Gasteiger partial charge in [0.15, 0.2) is 0 Å². The van der Waals surface area contributed by atoms with Crippen LogP contribution in [0, 0.1) is 11.3 Å². The summed E-state index contributed by atoms with van der Waals surface area (Å²) in [7, 11) is 1.50. The monoisotopic (exact) mass is 467 g/mol. The minimum atomic E-state index is 0.111. The van der Waals surface area contributed by atoms with E-state index in [0.29, 0.717) is 11.4 Å². The van der Waals surface area contributed by atoms with Gasteiger partial charge >= 0.3 is 0 Å². The van der Waals surface area contributed by atoms with Gasteiger partial charge in [-0.2, -0.15) is 0 Å². The summed E-state index contributed by atoms with van der Waals surface area (Å²) in [6.07, 6.45) is 3.43. The van der Waals surface area contributed by atoms with Gasteiger partial charge in [-0.3, -0.25) is 5.41 Å². The number of benzene rings is 1. The van der Waals surface area contributed by atoms with E-state index >= 15 is 0 Å². The van der Waals surface area contributed by atoms with Gasteiger partial charge in [-0.1, -0.05) is 0 Å². The maximum absolute atomic E-state index is 9.52. The maximum Gasteiger partial charge on any atom is 0.146 e. The van der Waals surface area contributed by atoms with E-state index in [0.717, 1.165) is 42.2 Å². The molecule has 0 bridgehead atoms. The molecule has 0 radical (unpaired) electrons. The molecule has 152 valence electrons. The summed E-state index contributed by atoms with van der Waals surface area (Å²) < 4.78 is 0.111. The van der Waals surface area contributed by atoms with E-state index in [1.54, 1.807) is 0 Å². The first kappa shape index (κ1) is 22.4. The van der Waals surface area contributed by atoms with E-state index in [1.807, 2.05) is 18.2 Å². The average Bonchev–Trinajstić information content (AvgIpc) is 2.69. The Hall–Kier alpha value is -1.88. The van der Waals surface area contributed by atoms with Crippen molar-refractivity contribution in [3.63, 3.8) is 0 Å². The van der Waals surface area contributed by atoms with Gasteiger partial charge in [-0.15, -0.1) is 12.6 Å². The zero-order valence-electron chi connectivity index (χ0n) is 15.7. The summed E-state index contributed by atoms with van der Waals surface area (Å²) in [5.74, 6) is 0.954. The molecule has 1 saturated heterocycles. The van der Waals surface area contributed by atoms with Crippen LogP contribution in [0.3, 0.4) is 0 Å². The molecule has 1 aromatic carbocycles. The average molecular weight is 468 g/mol. The lowest BCUT2D eigenvalue weighted by Gasteiger charge is -2.35. The van der Waals surface area contributed by atoms with Crippen molar-refractivity contribution in [3.05, 3.63) is 30.1 Å². The number of hydrogen-bond donors (Lipinski definition) is 6. The number of nitrogen functional groups attached to an aromatic ring is 1. The molecule has 0 aliphatic carbocycles. The molecule has 8 nitrogen and oxygen atoms in total. The smallest absolute Gasteiger partial charge is 0.146 e. The lowest BCUT2D eigenvalue weighted by atomic mass is 9.98. The van der Waals surface area contributed by atoms with Crippen LogP contribution in [0.5, 0.6) is 0 Å². The van der Waals surface area contributed by atoms with Crippen LogP contribution >= 0.6 is 28.6 Å². The molecule has 0 saturated carbocycles. The minimum Gasteiger partial charge on any atom is -0.396 e. The highest BCUT2D eigenvalue weighted by atomic mass is 79.9. The minimum absolute atomic E-state index is 0.111. The second-order valence-electron chi connectivity index (χ2n) is 6.26. The molecule has 1 unspecified atom stereocenters. The first-order valence-electron chi connectivity index (χ1n) is 8.88. The van der Waals surface area contributed by atoms with E-state index in [1.165, 1.54) is 13.4 Å². The van der Waals surface area contributed by atoms with E-state index < -0.39 is 0 Å². The van der Waals surface area contributed by atoms with Crippen molar-refractivity contribution in [3.8, 4) is 0 Å². The number of rotatable bonds is 5. The van der Waals surface area contributed by atoms with E-state index in [-0.39, 0.29) is 23.0 Å². The Morgan fingerprint density at radius 2 is 2.18 bits per heavy atom. The number of halogens is 1. The third kappa shape index (κ3) is 5.34. The largest absolute Gasteiger partial charge is 0.396 e. The Bertz CT molecular complexity index is 821. The van der Waals surface area contributed by atoms with Crippen LogP contribution in [0.4, 0.5) is 23.0 Å². The fourth-order valence-corrected chi connectivity index (χ4v) is 3.77. The van der Waals surface area contributed by atoms with Gasteiger partial charge in [-0.25, -0.2) is 9.97 Å². The Morgan fingerprint density at radius 3 is 2.86 bits per heavy atom. The number of aliphatic hydroxyl groups excluding tert-OH is 1. The molecule has 1 atom stereocenters. The van der Waals surface area contributed by atoms with Crippen molar-refractivity contribution in [2.45, 2.75) is 17.7 Å². The Balaban J connectivity index is 0.00000136. The summed E-state index contributed by atoms with van der Waals surface area (Å²) in [6.45, 7) is 1.91. The highest BCUT2D eigenvalue weighted by molar-refractivity contribution is 9.18. The van der Waals surface area contributed by atoms with Crippen LogP contribution in [0.15, 0.2) is 29.4 Å². The molecule has 1 fully saturated rings. The van der Waals surface area contributed by atoms with Gasteiger partial charge in [0, 0.05) is 24.6 Å². The summed E-state index contributed by atoms with van der Waals surface area (Å²) in [4.78, 5) is 11.3. The first-order chi connectivity index (χ1) is 13.5. The van der Waals surface area contributed by atoms with Crippen molar-refractivity contribution in [1.29, 1.82) is 5.41 Å². The van der Waals surface area contributed by atoms with E-state index in [4.69, 9.17) is 11.1 Å². The Labute approximate surface area is 178 Å². The molecule has 1 aromatic heterocycles. The quantitative estimate of drug-likeness (QED) is 0.293. The normalized spacial score (nSPS) is 16.2. The summed E-state index contributed by atoms with van der Waals surface area (Å²) in [5, 5.41) is 20.7. The van der Waals surface area contributed by atoms with E-state index in [9.17, 15) is 5.11 Å². The van der Waals surface area contributed by atoms with Crippen LogP contribution in [-0.2, 0) is 0 Å². The number of aromatic nitrogens is 2.